The Kier molecular flexibility index (Phi) is 3.25. The van der Waals surface area contributed by atoms with Crippen molar-refractivity contribution in [2.24, 2.45) is 5.73 Å². The molecule has 1 heterocycles. The van der Waals surface area contributed by atoms with Crippen molar-refractivity contribution in [1.29, 1.82) is 0 Å². The van der Waals surface area contributed by atoms with Gasteiger partial charge in [-0.25, -0.2) is 0 Å². The van der Waals surface area contributed by atoms with E-state index >= 15 is 0 Å². The van der Waals surface area contributed by atoms with Crippen LogP contribution >= 0.6 is 0 Å². The fourth-order valence-corrected chi connectivity index (χ4v) is 2.25. The van der Waals surface area contributed by atoms with Crippen molar-refractivity contribution in [1.82, 2.24) is 0 Å². The van der Waals surface area contributed by atoms with Crippen LogP contribution in [0.4, 0.5) is 0 Å². The van der Waals surface area contributed by atoms with Gasteiger partial charge in [0, 0.05) is 23.1 Å². The number of aliphatic hydroxyl groups is 1. The molecule has 0 bridgehead atoms. The summed E-state index contributed by atoms with van der Waals surface area (Å²) in [6.45, 7) is 5.59. The van der Waals surface area contributed by atoms with Crippen LogP contribution in [-0.4, -0.2) is 23.9 Å². The van der Waals surface area contributed by atoms with Crippen molar-refractivity contribution in [3.8, 4) is 11.5 Å². The van der Waals surface area contributed by atoms with Crippen molar-refractivity contribution in [2.75, 3.05) is 7.11 Å². The molecule has 0 fully saturated rings. The number of methoxy groups -OCH3 is 1. The first-order chi connectivity index (χ1) is 8.32. The maximum absolute atomic E-state index is 10.3. The number of hydrogen-bond donors (Lipinski definition) is 2. The first kappa shape index (κ1) is 13.2. The summed E-state index contributed by atoms with van der Waals surface area (Å²) in [4.78, 5) is 0. The standard InChI is InChI=1S/C14H21NO3/c1-8-5-9-6-12(17-4)10(7-11(9)18-8)13(16)14(2,3)15/h6-8,13,16H,5,15H2,1-4H3. The van der Waals surface area contributed by atoms with Crippen LogP contribution in [0.25, 0.3) is 0 Å². The lowest BCUT2D eigenvalue weighted by atomic mass is 9.91. The molecule has 0 aliphatic carbocycles. The van der Waals surface area contributed by atoms with Gasteiger partial charge in [-0.2, -0.15) is 0 Å². The van der Waals surface area contributed by atoms with Gasteiger partial charge >= 0.3 is 0 Å². The van der Waals surface area contributed by atoms with Crippen molar-refractivity contribution in [3.63, 3.8) is 0 Å². The highest BCUT2D eigenvalue weighted by atomic mass is 16.5. The van der Waals surface area contributed by atoms with Crippen LogP contribution < -0.4 is 15.2 Å². The van der Waals surface area contributed by atoms with Crippen LogP contribution in [0.1, 0.15) is 38.0 Å². The van der Waals surface area contributed by atoms with Crippen LogP contribution in [-0.2, 0) is 6.42 Å². The zero-order chi connectivity index (χ0) is 13.5. The van der Waals surface area contributed by atoms with Crippen molar-refractivity contribution >= 4 is 0 Å². The molecule has 18 heavy (non-hydrogen) atoms. The maximum atomic E-state index is 10.3. The lowest BCUT2D eigenvalue weighted by molar-refractivity contribution is 0.101. The average Bonchev–Trinajstić information content (AvgIpc) is 2.64. The van der Waals surface area contributed by atoms with Gasteiger partial charge in [-0.1, -0.05) is 0 Å². The summed E-state index contributed by atoms with van der Waals surface area (Å²) >= 11 is 0. The highest BCUT2D eigenvalue weighted by Crippen LogP contribution is 2.39. The molecule has 1 aliphatic heterocycles. The van der Waals surface area contributed by atoms with Crippen molar-refractivity contribution in [3.05, 3.63) is 23.3 Å². The molecule has 0 spiro atoms. The summed E-state index contributed by atoms with van der Waals surface area (Å²) in [7, 11) is 1.60. The lowest BCUT2D eigenvalue weighted by Crippen LogP contribution is -2.39. The summed E-state index contributed by atoms with van der Waals surface area (Å²) in [5.41, 5.74) is 7.02. The number of rotatable bonds is 3. The first-order valence-electron chi connectivity index (χ1n) is 6.17. The lowest BCUT2D eigenvalue weighted by Gasteiger charge is -2.27. The van der Waals surface area contributed by atoms with Gasteiger partial charge in [0.25, 0.3) is 0 Å². The van der Waals surface area contributed by atoms with Gasteiger partial charge < -0.3 is 20.3 Å². The van der Waals surface area contributed by atoms with E-state index in [9.17, 15) is 5.11 Å². The van der Waals surface area contributed by atoms with Crippen LogP contribution in [0.2, 0.25) is 0 Å². The highest BCUT2D eigenvalue weighted by Gasteiger charge is 2.30. The molecule has 0 amide bonds. The topological polar surface area (TPSA) is 64.7 Å². The third kappa shape index (κ3) is 2.31. The minimum Gasteiger partial charge on any atom is -0.496 e. The van der Waals surface area contributed by atoms with Crippen molar-refractivity contribution in [2.45, 2.75) is 44.9 Å². The second-order valence-corrected chi connectivity index (χ2v) is 5.56. The largest absolute Gasteiger partial charge is 0.496 e. The second-order valence-electron chi connectivity index (χ2n) is 5.56. The summed E-state index contributed by atoms with van der Waals surface area (Å²) < 4.78 is 11.1. The summed E-state index contributed by atoms with van der Waals surface area (Å²) in [6, 6.07) is 3.78. The Balaban J connectivity index is 2.45. The molecule has 1 aromatic rings. The predicted octanol–water partition coefficient (Wildman–Crippen LogP) is 1.79. The smallest absolute Gasteiger partial charge is 0.125 e. The van der Waals surface area contributed by atoms with Gasteiger partial charge in [-0.3, -0.25) is 0 Å². The minimum atomic E-state index is -0.794. The van der Waals surface area contributed by atoms with Crippen LogP contribution in [0.3, 0.4) is 0 Å². The monoisotopic (exact) mass is 251 g/mol. The zero-order valence-corrected chi connectivity index (χ0v) is 11.4. The third-order valence-electron chi connectivity index (χ3n) is 3.25. The summed E-state index contributed by atoms with van der Waals surface area (Å²) in [5.74, 6) is 1.49. The fourth-order valence-electron chi connectivity index (χ4n) is 2.25. The molecule has 1 aliphatic rings. The van der Waals surface area contributed by atoms with E-state index in [4.69, 9.17) is 15.2 Å². The van der Waals surface area contributed by atoms with Gasteiger partial charge in [-0.15, -0.1) is 0 Å². The minimum absolute atomic E-state index is 0.169. The van der Waals surface area contributed by atoms with Gasteiger partial charge in [0.2, 0.25) is 0 Å². The second kappa shape index (κ2) is 4.44. The van der Waals surface area contributed by atoms with Gasteiger partial charge in [0.15, 0.2) is 0 Å². The average molecular weight is 251 g/mol. The molecule has 4 heteroatoms. The SMILES string of the molecule is COc1cc2c(cc1C(O)C(C)(C)N)OC(C)C2. The Morgan fingerprint density at radius 2 is 2.17 bits per heavy atom. The summed E-state index contributed by atoms with van der Waals surface area (Å²) in [5, 5.41) is 10.3. The molecule has 0 saturated heterocycles. The number of hydrogen-bond acceptors (Lipinski definition) is 4. The van der Waals surface area contributed by atoms with Crippen molar-refractivity contribution < 1.29 is 14.6 Å². The normalized spacial score (nSPS) is 20.2. The molecule has 0 saturated carbocycles. The number of benzene rings is 1. The third-order valence-corrected chi connectivity index (χ3v) is 3.25. The summed E-state index contributed by atoms with van der Waals surface area (Å²) in [6.07, 6.45) is 0.244. The Morgan fingerprint density at radius 3 is 2.72 bits per heavy atom. The number of ether oxygens (including phenoxy) is 2. The maximum Gasteiger partial charge on any atom is 0.125 e. The Bertz CT molecular complexity index is 451. The quantitative estimate of drug-likeness (QED) is 0.859. The molecular weight excluding hydrogens is 230 g/mol. The van der Waals surface area contributed by atoms with Gasteiger partial charge in [0.1, 0.15) is 23.7 Å². The Labute approximate surface area is 108 Å². The van der Waals surface area contributed by atoms with Crippen LogP contribution in [0.5, 0.6) is 11.5 Å². The van der Waals surface area contributed by atoms with Crippen LogP contribution in [0.15, 0.2) is 12.1 Å². The van der Waals surface area contributed by atoms with Gasteiger partial charge in [0.05, 0.1) is 7.11 Å². The van der Waals surface area contributed by atoms with E-state index in [1.807, 2.05) is 19.1 Å². The number of aliphatic hydroxyl groups excluding tert-OH is 1. The first-order valence-corrected chi connectivity index (χ1v) is 6.17. The zero-order valence-electron chi connectivity index (χ0n) is 11.4. The highest BCUT2D eigenvalue weighted by molar-refractivity contribution is 5.50. The molecule has 3 N–H and O–H groups in total. The Morgan fingerprint density at radius 1 is 1.50 bits per heavy atom. The van der Waals surface area contributed by atoms with E-state index in [1.165, 1.54) is 0 Å². The predicted molar refractivity (Wildman–Crippen MR) is 70.0 cm³/mol. The van der Waals surface area contributed by atoms with Gasteiger partial charge in [-0.05, 0) is 32.9 Å². The number of fused-ring (bicyclic) bond motifs is 1. The van der Waals surface area contributed by atoms with E-state index < -0.39 is 11.6 Å². The molecule has 2 atom stereocenters. The molecule has 1 aromatic carbocycles. The van der Waals surface area contributed by atoms with E-state index in [0.717, 1.165) is 17.7 Å². The Hall–Kier alpha value is -1.26. The molecule has 100 valence electrons. The van der Waals surface area contributed by atoms with E-state index in [2.05, 4.69) is 0 Å². The molecule has 0 radical (unpaired) electrons. The van der Waals surface area contributed by atoms with E-state index in [0.29, 0.717) is 11.3 Å². The molecular formula is C14H21NO3. The van der Waals surface area contributed by atoms with Crippen LogP contribution in [0, 0.1) is 0 Å². The molecule has 2 rings (SSSR count). The van der Waals surface area contributed by atoms with E-state index in [1.54, 1.807) is 21.0 Å². The van der Waals surface area contributed by atoms with E-state index in [-0.39, 0.29) is 6.10 Å². The number of nitrogens with two attached hydrogens (primary N) is 1. The molecule has 2 unspecified atom stereocenters. The fraction of sp³-hybridized carbons (Fsp3) is 0.571. The molecule has 4 nitrogen and oxygen atoms in total. The molecule has 0 aromatic heterocycles.